The number of carbonyl (C=O) groups excluding carboxylic acids is 5. The van der Waals surface area contributed by atoms with Gasteiger partial charge in [0.05, 0.1) is 37.2 Å². The Morgan fingerprint density at radius 2 is 2.00 bits per heavy atom. The minimum Gasteiger partial charge on any atom is -0.442 e. The van der Waals surface area contributed by atoms with E-state index in [0.29, 0.717) is 43.2 Å². The maximum atomic E-state index is 15.1. The van der Waals surface area contributed by atoms with Gasteiger partial charge in [-0.1, -0.05) is 0 Å². The van der Waals surface area contributed by atoms with Crippen molar-refractivity contribution in [3.8, 4) is 0 Å². The summed E-state index contributed by atoms with van der Waals surface area (Å²) >= 11 is 0. The Morgan fingerprint density at radius 1 is 1.22 bits per heavy atom. The molecule has 0 saturated carbocycles. The van der Waals surface area contributed by atoms with Crippen molar-refractivity contribution in [2.45, 2.75) is 6.10 Å². The van der Waals surface area contributed by atoms with Gasteiger partial charge in [-0.15, -0.1) is 0 Å². The van der Waals surface area contributed by atoms with Crippen LogP contribution in [0.15, 0.2) is 43.0 Å². The van der Waals surface area contributed by atoms with Gasteiger partial charge >= 0.3 is 6.09 Å². The summed E-state index contributed by atoms with van der Waals surface area (Å²) in [5.41, 5.74) is 1.36. The SMILES string of the molecule is CN(CC(=O)N1CCN(c2ccc(N3CC(CNC(=O)C=O)OC3=O)cc2F)CC1)C(=O)c1cn2ccncc2n1. The summed E-state index contributed by atoms with van der Waals surface area (Å²) in [5, 5.41) is 2.33. The molecule has 2 saturated heterocycles. The van der Waals surface area contributed by atoms with Gasteiger partial charge in [-0.05, 0) is 18.2 Å². The highest BCUT2D eigenvalue weighted by Gasteiger charge is 2.33. The third kappa shape index (κ3) is 5.92. The lowest BCUT2D eigenvalue weighted by Gasteiger charge is -2.37. The van der Waals surface area contributed by atoms with Gasteiger partial charge < -0.3 is 29.2 Å². The van der Waals surface area contributed by atoms with Crippen LogP contribution in [0.2, 0.25) is 0 Å². The van der Waals surface area contributed by atoms with Crippen LogP contribution in [0.1, 0.15) is 10.5 Å². The van der Waals surface area contributed by atoms with Crippen molar-refractivity contribution in [1.29, 1.82) is 0 Å². The lowest BCUT2D eigenvalue weighted by atomic mass is 10.2. The maximum Gasteiger partial charge on any atom is 0.414 e. The number of carbonyl (C=O) groups is 5. The van der Waals surface area contributed by atoms with Crippen molar-refractivity contribution in [1.82, 2.24) is 29.5 Å². The van der Waals surface area contributed by atoms with Crippen molar-refractivity contribution in [3.05, 3.63) is 54.5 Å². The normalized spacial score (nSPS) is 17.0. The molecule has 5 rings (SSSR count). The smallest absolute Gasteiger partial charge is 0.414 e. The molecule has 3 aromatic rings. The van der Waals surface area contributed by atoms with Gasteiger partial charge in [-0.2, -0.15) is 0 Å². The van der Waals surface area contributed by atoms with Crippen LogP contribution in [0.25, 0.3) is 5.65 Å². The van der Waals surface area contributed by atoms with Crippen LogP contribution in [0.5, 0.6) is 0 Å². The number of aromatic nitrogens is 3. The van der Waals surface area contributed by atoms with E-state index in [1.54, 1.807) is 40.0 Å². The molecule has 2 aliphatic rings. The van der Waals surface area contributed by atoms with Gasteiger partial charge in [0.2, 0.25) is 12.2 Å². The monoisotopic (exact) mass is 566 g/mol. The van der Waals surface area contributed by atoms with Crippen LogP contribution in [0.3, 0.4) is 0 Å². The highest BCUT2D eigenvalue weighted by Crippen LogP contribution is 2.28. The number of fused-ring (bicyclic) bond motifs is 1. The molecule has 2 fully saturated rings. The number of hydrogen-bond donors (Lipinski definition) is 1. The fourth-order valence-electron chi connectivity index (χ4n) is 4.73. The Balaban J connectivity index is 1.13. The second-order valence-electron chi connectivity index (χ2n) is 9.61. The molecule has 0 radical (unpaired) electrons. The number of benzene rings is 1. The number of aldehydes is 1. The van der Waals surface area contributed by atoms with E-state index in [0.717, 1.165) is 0 Å². The number of likely N-dealkylation sites (N-methyl/N-ethyl adjacent to an activating group) is 1. The number of halogens is 1. The first-order chi connectivity index (χ1) is 19.7. The van der Waals surface area contributed by atoms with Crippen LogP contribution in [-0.4, -0.2) is 113 Å². The topological polar surface area (TPSA) is 150 Å². The first-order valence-corrected chi connectivity index (χ1v) is 12.8. The van der Waals surface area contributed by atoms with E-state index in [2.05, 4.69) is 15.3 Å². The molecular weight excluding hydrogens is 539 g/mol. The Bertz CT molecular complexity index is 1470. The highest BCUT2D eigenvalue weighted by atomic mass is 19.1. The van der Waals surface area contributed by atoms with Gasteiger partial charge in [-0.3, -0.25) is 29.1 Å². The molecule has 1 N–H and O–H groups in total. The number of piperazine rings is 1. The molecule has 1 unspecified atom stereocenters. The predicted molar refractivity (Wildman–Crippen MR) is 142 cm³/mol. The second-order valence-corrected chi connectivity index (χ2v) is 9.61. The van der Waals surface area contributed by atoms with Gasteiger partial charge in [-0.25, -0.2) is 14.2 Å². The summed E-state index contributed by atoms with van der Waals surface area (Å²) in [6.45, 7) is 1.37. The Kier molecular flexibility index (Phi) is 7.76. The Hall–Kier alpha value is -5.08. The zero-order valence-electron chi connectivity index (χ0n) is 22.1. The average molecular weight is 567 g/mol. The second kappa shape index (κ2) is 11.6. The molecule has 4 amide bonds. The number of amides is 4. The molecule has 1 aromatic carbocycles. The summed E-state index contributed by atoms with van der Waals surface area (Å²) < 4.78 is 22.0. The summed E-state index contributed by atoms with van der Waals surface area (Å²) in [4.78, 5) is 73.7. The van der Waals surface area contributed by atoms with E-state index in [4.69, 9.17) is 4.74 Å². The van der Waals surface area contributed by atoms with E-state index in [1.165, 1.54) is 29.1 Å². The Labute approximate surface area is 233 Å². The molecule has 0 spiro atoms. The first-order valence-electron chi connectivity index (χ1n) is 12.8. The van der Waals surface area contributed by atoms with Crippen molar-refractivity contribution in [3.63, 3.8) is 0 Å². The van der Waals surface area contributed by atoms with Crippen molar-refractivity contribution in [2.75, 3.05) is 62.7 Å². The molecule has 41 heavy (non-hydrogen) atoms. The molecule has 0 bridgehead atoms. The van der Waals surface area contributed by atoms with E-state index in [1.807, 2.05) is 4.90 Å². The largest absolute Gasteiger partial charge is 0.442 e. The lowest BCUT2D eigenvalue weighted by Crippen LogP contribution is -2.51. The van der Waals surface area contributed by atoms with Gasteiger partial charge in [0.15, 0.2) is 5.65 Å². The van der Waals surface area contributed by atoms with Crippen LogP contribution in [0.4, 0.5) is 20.6 Å². The quantitative estimate of drug-likeness (QED) is 0.292. The minimum absolute atomic E-state index is 0.0361. The molecule has 2 aromatic heterocycles. The van der Waals surface area contributed by atoms with E-state index < -0.39 is 23.9 Å². The van der Waals surface area contributed by atoms with Crippen LogP contribution >= 0.6 is 0 Å². The number of imidazole rings is 1. The number of ether oxygens (including phenoxy) is 1. The summed E-state index contributed by atoms with van der Waals surface area (Å²) in [6, 6.07) is 4.39. The number of nitrogens with one attached hydrogen (secondary N) is 1. The standard InChI is InChI=1S/C26H27FN8O6/c1-31(25(39)20-14-34-5-4-28-12-22(34)30-20)15-24(38)33-8-6-32(7-9-33)21-3-2-17(10-19(21)27)35-13-18(41-26(35)40)11-29-23(37)16-36/h2-5,10,12,14,16,18H,6-9,11,13,15H2,1H3,(H,29,37). The number of rotatable bonds is 8. The third-order valence-electron chi connectivity index (χ3n) is 6.90. The molecule has 0 aliphatic carbocycles. The third-order valence-corrected chi connectivity index (χ3v) is 6.90. The summed E-state index contributed by atoms with van der Waals surface area (Å²) in [7, 11) is 1.54. The first kappa shape index (κ1) is 27.5. The number of hydrogen-bond acceptors (Lipinski definition) is 9. The van der Waals surface area contributed by atoms with Crippen molar-refractivity contribution >= 4 is 47.1 Å². The van der Waals surface area contributed by atoms with Crippen molar-refractivity contribution < 1.29 is 33.1 Å². The average Bonchev–Trinajstić information content (AvgIpc) is 3.58. The lowest BCUT2D eigenvalue weighted by molar-refractivity contribution is -0.132. The molecule has 14 nitrogen and oxygen atoms in total. The number of cyclic esters (lactones) is 1. The molecule has 2 aliphatic heterocycles. The minimum atomic E-state index is -0.821. The zero-order valence-corrected chi connectivity index (χ0v) is 22.1. The summed E-state index contributed by atoms with van der Waals surface area (Å²) in [6.07, 6.45) is 5.15. The van der Waals surface area contributed by atoms with E-state index in [-0.39, 0.29) is 43.4 Å². The predicted octanol–water partition coefficient (Wildman–Crippen LogP) is -0.0705. The van der Waals surface area contributed by atoms with Gasteiger partial charge in [0.1, 0.15) is 17.6 Å². The fraction of sp³-hybridized carbons (Fsp3) is 0.346. The van der Waals surface area contributed by atoms with Crippen LogP contribution in [0, 0.1) is 5.82 Å². The van der Waals surface area contributed by atoms with Crippen molar-refractivity contribution in [2.24, 2.45) is 0 Å². The molecule has 4 heterocycles. The molecule has 15 heteroatoms. The zero-order chi connectivity index (χ0) is 29.1. The number of nitrogens with zero attached hydrogens (tertiary/aromatic N) is 7. The van der Waals surface area contributed by atoms with E-state index in [9.17, 15) is 24.0 Å². The Morgan fingerprint density at radius 3 is 2.71 bits per heavy atom. The van der Waals surface area contributed by atoms with Crippen LogP contribution < -0.4 is 15.1 Å². The maximum absolute atomic E-state index is 15.1. The van der Waals surface area contributed by atoms with Crippen LogP contribution in [-0.2, 0) is 19.1 Å². The molecular formula is C26H27FN8O6. The molecule has 1 atom stereocenters. The summed E-state index contributed by atoms with van der Waals surface area (Å²) in [5.74, 6) is -1.98. The van der Waals surface area contributed by atoms with Gasteiger partial charge in [0.25, 0.3) is 11.8 Å². The number of anilines is 2. The molecule has 214 valence electrons. The fourth-order valence-corrected chi connectivity index (χ4v) is 4.73. The van der Waals surface area contributed by atoms with Gasteiger partial charge in [0, 0.05) is 51.8 Å². The highest BCUT2D eigenvalue weighted by molar-refractivity contribution is 6.23. The van der Waals surface area contributed by atoms with E-state index >= 15 is 4.39 Å².